The fraction of sp³-hybridized carbons (Fsp3) is 0.615. The first kappa shape index (κ1) is 14.8. The molecule has 1 fully saturated rings. The van der Waals surface area contributed by atoms with Crippen LogP contribution in [-0.2, 0) is 11.3 Å². The van der Waals surface area contributed by atoms with E-state index in [-0.39, 0.29) is 12.6 Å². The van der Waals surface area contributed by atoms with Crippen LogP contribution in [-0.4, -0.2) is 40.1 Å². The van der Waals surface area contributed by atoms with E-state index in [1.807, 2.05) is 13.8 Å². The molecular formula is C13H19N3O3S. The van der Waals surface area contributed by atoms with Crippen molar-refractivity contribution >= 4 is 23.3 Å². The van der Waals surface area contributed by atoms with Crippen molar-refractivity contribution in [1.82, 2.24) is 15.2 Å². The zero-order chi connectivity index (χ0) is 14.8. The Morgan fingerprint density at radius 1 is 1.60 bits per heavy atom. The number of amides is 2. The minimum absolute atomic E-state index is 0.213. The minimum Gasteiger partial charge on any atom is -0.481 e. The molecule has 2 heterocycles. The van der Waals surface area contributed by atoms with Gasteiger partial charge in [-0.1, -0.05) is 6.92 Å². The summed E-state index contributed by atoms with van der Waals surface area (Å²) >= 11 is 1.54. The van der Waals surface area contributed by atoms with Crippen LogP contribution in [0, 0.1) is 12.3 Å². The lowest BCUT2D eigenvalue weighted by atomic mass is 9.84. The highest BCUT2D eigenvalue weighted by Gasteiger charge is 2.44. The Labute approximate surface area is 121 Å². The lowest BCUT2D eigenvalue weighted by Crippen LogP contribution is -2.41. The quantitative estimate of drug-likeness (QED) is 0.888. The van der Waals surface area contributed by atoms with Gasteiger partial charge in [0, 0.05) is 24.2 Å². The van der Waals surface area contributed by atoms with Gasteiger partial charge in [-0.3, -0.25) is 4.79 Å². The van der Waals surface area contributed by atoms with Gasteiger partial charge in [-0.15, -0.1) is 11.3 Å². The molecule has 110 valence electrons. The Morgan fingerprint density at radius 3 is 2.85 bits per heavy atom. The van der Waals surface area contributed by atoms with Crippen LogP contribution in [0.25, 0.3) is 0 Å². The molecule has 1 aliphatic rings. The van der Waals surface area contributed by atoms with E-state index in [0.29, 0.717) is 25.9 Å². The van der Waals surface area contributed by atoms with E-state index in [4.69, 9.17) is 0 Å². The highest BCUT2D eigenvalue weighted by molar-refractivity contribution is 7.11. The van der Waals surface area contributed by atoms with Gasteiger partial charge in [-0.25, -0.2) is 9.78 Å². The number of aryl methyl sites for hydroxylation is 1. The number of hydrogen-bond donors (Lipinski definition) is 2. The fourth-order valence-corrected chi connectivity index (χ4v) is 3.13. The summed E-state index contributed by atoms with van der Waals surface area (Å²) in [6.07, 6.45) is 2.83. The van der Waals surface area contributed by atoms with Gasteiger partial charge in [0.25, 0.3) is 0 Å². The largest absolute Gasteiger partial charge is 0.481 e. The van der Waals surface area contributed by atoms with E-state index in [1.54, 1.807) is 22.4 Å². The van der Waals surface area contributed by atoms with Crippen molar-refractivity contribution in [3.05, 3.63) is 16.1 Å². The van der Waals surface area contributed by atoms with Crippen LogP contribution in [0.15, 0.2) is 6.20 Å². The van der Waals surface area contributed by atoms with Gasteiger partial charge in [0.15, 0.2) is 0 Å². The Kier molecular flexibility index (Phi) is 4.27. The van der Waals surface area contributed by atoms with Gasteiger partial charge in [0.05, 0.1) is 12.0 Å². The molecule has 1 aromatic heterocycles. The molecule has 1 saturated heterocycles. The number of rotatable bonds is 4. The number of carboxylic acids is 1. The van der Waals surface area contributed by atoms with Crippen LogP contribution in [0.2, 0.25) is 0 Å². The Morgan fingerprint density at radius 2 is 2.35 bits per heavy atom. The third-order valence-electron chi connectivity index (χ3n) is 3.83. The van der Waals surface area contributed by atoms with Gasteiger partial charge in [0.2, 0.25) is 0 Å². The van der Waals surface area contributed by atoms with Crippen molar-refractivity contribution < 1.29 is 14.7 Å². The maximum atomic E-state index is 12.1. The molecule has 0 spiro atoms. The second-order valence-corrected chi connectivity index (χ2v) is 6.45. The molecule has 1 atom stereocenters. The predicted molar refractivity (Wildman–Crippen MR) is 75.6 cm³/mol. The highest BCUT2D eigenvalue weighted by atomic mass is 32.1. The molecule has 0 radical (unpaired) electrons. The lowest BCUT2D eigenvalue weighted by molar-refractivity contribution is -0.148. The summed E-state index contributed by atoms with van der Waals surface area (Å²) in [5.41, 5.74) is -0.783. The van der Waals surface area contributed by atoms with E-state index < -0.39 is 11.4 Å². The van der Waals surface area contributed by atoms with Crippen molar-refractivity contribution in [2.45, 2.75) is 33.2 Å². The molecule has 20 heavy (non-hydrogen) atoms. The average Bonchev–Trinajstić information content (AvgIpc) is 3.03. The summed E-state index contributed by atoms with van der Waals surface area (Å²) in [6, 6.07) is -0.213. The minimum atomic E-state index is -0.814. The van der Waals surface area contributed by atoms with Crippen molar-refractivity contribution in [3.63, 3.8) is 0 Å². The smallest absolute Gasteiger partial charge is 0.317 e. The van der Waals surface area contributed by atoms with Gasteiger partial charge >= 0.3 is 12.0 Å². The predicted octanol–water partition coefficient (Wildman–Crippen LogP) is 1.85. The molecule has 2 N–H and O–H groups in total. The second kappa shape index (κ2) is 5.78. The standard InChI is InChI=1S/C13H19N3O3S/c1-3-13(11(17)18)4-5-16(8-13)12(19)15-7-10-14-6-9(2)20-10/h6H,3-5,7-8H2,1-2H3,(H,15,19)(H,17,18). The normalized spacial score (nSPS) is 22.0. The number of hydrogen-bond acceptors (Lipinski definition) is 4. The molecule has 6 nitrogen and oxygen atoms in total. The molecule has 0 bridgehead atoms. The average molecular weight is 297 g/mol. The number of urea groups is 1. The van der Waals surface area contributed by atoms with Crippen LogP contribution in [0.1, 0.15) is 29.7 Å². The lowest BCUT2D eigenvalue weighted by Gasteiger charge is -2.23. The van der Waals surface area contributed by atoms with Gasteiger partial charge in [-0.05, 0) is 19.8 Å². The summed E-state index contributed by atoms with van der Waals surface area (Å²) in [5.74, 6) is -0.814. The monoisotopic (exact) mass is 297 g/mol. The Hall–Kier alpha value is -1.63. The number of nitrogens with zero attached hydrogens (tertiary/aromatic N) is 2. The highest BCUT2D eigenvalue weighted by Crippen LogP contribution is 2.34. The molecular weight excluding hydrogens is 278 g/mol. The summed E-state index contributed by atoms with van der Waals surface area (Å²) in [4.78, 5) is 30.3. The third-order valence-corrected chi connectivity index (χ3v) is 4.74. The number of carbonyl (C=O) groups excluding carboxylic acids is 1. The Bertz CT molecular complexity index is 517. The summed E-state index contributed by atoms with van der Waals surface area (Å²) < 4.78 is 0. The van der Waals surface area contributed by atoms with E-state index in [1.165, 1.54) is 0 Å². The molecule has 0 saturated carbocycles. The maximum Gasteiger partial charge on any atom is 0.317 e. The number of carboxylic acid groups (broad SMARTS) is 1. The van der Waals surface area contributed by atoms with Crippen molar-refractivity contribution in [2.24, 2.45) is 5.41 Å². The molecule has 0 aromatic carbocycles. The van der Waals surface area contributed by atoms with E-state index in [9.17, 15) is 14.7 Å². The number of nitrogens with one attached hydrogen (secondary N) is 1. The molecule has 2 amide bonds. The summed E-state index contributed by atoms with van der Waals surface area (Å²) in [6.45, 7) is 4.98. The summed E-state index contributed by atoms with van der Waals surface area (Å²) in [5, 5.41) is 13.0. The first-order chi connectivity index (χ1) is 9.47. The van der Waals surface area contributed by atoms with Gasteiger partial charge in [-0.2, -0.15) is 0 Å². The van der Waals surface area contributed by atoms with E-state index in [2.05, 4.69) is 10.3 Å². The number of thiazole rings is 1. The third kappa shape index (κ3) is 2.92. The van der Waals surface area contributed by atoms with Crippen LogP contribution in [0.3, 0.4) is 0 Å². The summed E-state index contributed by atoms with van der Waals surface area (Å²) in [7, 11) is 0. The SMILES string of the molecule is CCC1(C(=O)O)CCN(C(=O)NCc2ncc(C)s2)C1. The maximum absolute atomic E-state index is 12.1. The van der Waals surface area contributed by atoms with Crippen LogP contribution >= 0.6 is 11.3 Å². The topological polar surface area (TPSA) is 82.5 Å². The van der Waals surface area contributed by atoms with E-state index in [0.717, 1.165) is 9.88 Å². The molecule has 2 rings (SSSR count). The van der Waals surface area contributed by atoms with E-state index >= 15 is 0 Å². The second-order valence-electron chi connectivity index (χ2n) is 5.13. The molecule has 1 aromatic rings. The van der Waals surface area contributed by atoms with Gasteiger partial charge in [0.1, 0.15) is 5.01 Å². The van der Waals surface area contributed by atoms with Crippen molar-refractivity contribution in [2.75, 3.05) is 13.1 Å². The molecule has 1 unspecified atom stereocenters. The first-order valence-electron chi connectivity index (χ1n) is 6.64. The number of aliphatic carboxylic acids is 1. The zero-order valence-electron chi connectivity index (χ0n) is 11.7. The van der Waals surface area contributed by atoms with Crippen molar-refractivity contribution in [1.29, 1.82) is 0 Å². The van der Waals surface area contributed by atoms with Crippen molar-refractivity contribution in [3.8, 4) is 0 Å². The Balaban J connectivity index is 1.90. The van der Waals surface area contributed by atoms with Crippen LogP contribution in [0.4, 0.5) is 4.79 Å². The van der Waals surface area contributed by atoms with Crippen LogP contribution < -0.4 is 5.32 Å². The number of likely N-dealkylation sites (tertiary alicyclic amines) is 1. The zero-order valence-corrected chi connectivity index (χ0v) is 12.5. The van der Waals surface area contributed by atoms with Crippen LogP contribution in [0.5, 0.6) is 0 Å². The first-order valence-corrected chi connectivity index (χ1v) is 7.46. The number of carbonyl (C=O) groups is 2. The molecule has 7 heteroatoms. The molecule has 1 aliphatic heterocycles. The number of aromatic nitrogens is 1. The fourth-order valence-electron chi connectivity index (χ4n) is 2.41. The molecule has 0 aliphatic carbocycles. The van der Waals surface area contributed by atoms with Gasteiger partial charge < -0.3 is 15.3 Å².